The van der Waals surface area contributed by atoms with Crippen molar-refractivity contribution < 1.29 is 17.9 Å². The lowest BCUT2D eigenvalue weighted by Crippen LogP contribution is -2.48. The minimum Gasteiger partial charge on any atom is -0.370 e. The van der Waals surface area contributed by atoms with E-state index in [9.17, 15) is 13.2 Å². The van der Waals surface area contributed by atoms with E-state index in [1.807, 2.05) is 25.1 Å². The molecule has 0 spiro atoms. The Labute approximate surface area is 162 Å². The van der Waals surface area contributed by atoms with E-state index in [1.165, 1.54) is 6.07 Å². The maximum Gasteiger partial charge on any atom is 0.416 e. The second-order valence-corrected chi connectivity index (χ2v) is 6.62. The van der Waals surface area contributed by atoms with Crippen molar-refractivity contribution >= 4 is 5.96 Å². The number of nitrogens with one attached hydrogen (secondary N) is 1. The highest BCUT2D eigenvalue weighted by Crippen LogP contribution is 2.32. The first kappa shape index (κ1) is 20.2. The highest BCUT2D eigenvalue weighted by atomic mass is 19.4. The average Bonchev–Trinajstić information content (AvgIpc) is 3.10. The van der Waals surface area contributed by atoms with Crippen LogP contribution in [0.25, 0.3) is 0 Å². The van der Waals surface area contributed by atoms with Crippen LogP contribution < -0.4 is 5.32 Å². The molecule has 2 aromatic rings. The van der Waals surface area contributed by atoms with Crippen LogP contribution in [0, 0.1) is 0 Å². The van der Waals surface area contributed by atoms with Gasteiger partial charge in [0.25, 0.3) is 0 Å². The number of aryl methyl sites for hydroxylation is 1. The molecule has 0 saturated carbocycles. The van der Waals surface area contributed by atoms with Crippen molar-refractivity contribution in [1.82, 2.24) is 20.0 Å². The number of guanidine groups is 1. The number of aromatic nitrogens is 2. The Kier molecular flexibility index (Phi) is 6.23. The van der Waals surface area contributed by atoms with Crippen LogP contribution in [0.3, 0.4) is 0 Å². The first-order valence-electron chi connectivity index (χ1n) is 9.16. The summed E-state index contributed by atoms with van der Waals surface area (Å²) in [7, 11) is 1.85. The molecule has 0 radical (unpaired) electrons. The highest BCUT2D eigenvalue weighted by Gasteiger charge is 2.32. The molecule has 1 saturated heterocycles. The van der Waals surface area contributed by atoms with Gasteiger partial charge in [0.2, 0.25) is 0 Å². The van der Waals surface area contributed by atoms with E-state index in [1.54, 1.807) is 16.9 Å². The lowest BCUT2D eigenvalue weighted by Gasteiger charge is -2.35. The van der Waals surface area contributed by atoms with Crippen molar-refractivity contribution in [2.24, 2.45) is 12.0 Å². The van der Waals surface area contributed by atoms with Gasteiger partial charge in [-0.15, -0.1) is 0 Å². The molecule has 1 unspecified atom stereocenters. The molecule has 1 atom stereocenters. The van der Waals surface area contributed by atoms with E-state index in [0.717, 1.165) is 17.7 Å². The Balaban J connectivity index is 1.74. The molecular formula is C19H24F3N5O. The fraction of sp³-hybridized carbons (Fsp3) is 0.474. The zero-order valence-electron chi connectivity index (χ0n) is 15.9. The number of ether oxygens (including phenoxy) is 1. The number of alkyl halides is 3. The van der Waals surface area contributed by atoms with E-state index in [2.05, 4.69) is 15.4 Å². The SMILES string of the molecule is CCNC(=NCc1cnn(C)c1)N1CCOC(c2cccc(C(F)(F)F)c2)C1. The summed E-state index contributed by atoms with van der Waals surface area (Å²) in [5, 5.41) is 7.38. The van der Waals surface area contributed by atoms with E-state index in [0.29, 0.717) is 44.3 Å². The minimum absolute atomic E-state index is 0.415. The third kappa shape index (κ3) is 5.03. The molecule has 1 fully saturated rings. The third-order valence-electron chi connectivity index (χ3n) is 4.46. The largest absolute Gasteiger partial charge is 0.416 e. The second-order valence-electron chi connectivity index (χ2n) is 6.62. The molecule has 3 rings (SSSR count). The van der Waals surface area contributed by atoms with Crippen LogP contribution in [0.5, 0.6) is 0 Å². The molecular weight excluding hydrogens is 371 g/mol. The first-order chi connectivity index (χ1) is 13.4. The van der Waals surface area contributed by atoms with Gasteiger partial charge in [-0.3, -0.25) is 4.68 Å². The molecule has 1 aliphatic heterocycles. The van der Waals surface area contributed by atoms with Crippen LogP contribution >= 0.6 is 0 Å². The molecule has 0 amide bonds. The minimum atomic E-state index is -4.37. The van der Waals surface area contributed by atoms with Crippen molar-refractivity contribution in [2.75, 3.05) is 26.2 Å². The van der Waals surface area contributed by atoms with Gasteiger partial charge in [0.05, 0.1) is 31.5 Å². The number of morpholine rings is 1. The van der Waals surface area contributed by atoms with E-state index >= 15 is 0 Å². The van der Waals surface area contributed by atoms with Crippen LogP contribution in [0.2, 0.25) is 0 Å². The second kappa shape index (κ2) is 8.64. The first-order valence-corrected chi connectivity index (χ1v) is 9.16. The lowest BCUT2D eigenvalue weighted by molar-refractivity contribution is -0.137. The summed E-state index contributed by atoms with van der Waals surface area (Å²) in [6.45, 7) is 4.61. The molecule has 28 heavy (non-hydrogen) atoms. The van der Waals surface area contributed by atoms with Crippen molar-refractivity contribution in [3.8, 4) is 0 Å². The molecule has 0 aliphatic carbocycles. The molecule has 2 heterocycles. The van der Waals surface area contributed by atoms with Gasteiger partial charge in [0, 0.05) is 31.9 Å². The number of hydrogen-bond donors (Lipinski definition) is 1. The number of halogens is 3. The summed E-state index contributed by atoms with van der Waals surface area (Å²) in [6.07, 6.45) is -1.15. The lowest BCUT2D eigenvalue weighted by atomic mass is 10.0. The van der Waals surface area contributed by atoms with E-state index in [4.69, 9.17) is 4.74 Å². The van der Waals surface area contributed by atoms with Gasteiger partial charge in [-0.1, -0.05) is 12.1 Å². The fourth-order valence-electron chi connectivity index (χ4n) is 3.10. The zero-order valence-corrected chi connectivity index (χ0v) is 15.9. The summed E-state index contributed by atoms with van der Waals surface area (Å²) < 4.78 is 46.5. The molecule has 1 aromatic heterocycles. The smallest absolute Gasteiger partial charge is 0.370 e. The number of rotatable bonds is 4. The van der Waals surface area contributed by atoms with Gasteiger partial charge in [-0.2, -0.15) is 18.3 Å². The Morgan fingerprint density at radius 3 is 2.89 bits per heavy atom. The van der Waals surface area contributed by atoms with Gasteiger partial charge in [-0.25, -0.2) is 4.99 Å². The van der Waals surface area contributed by atoms with Gasteiger partial charge in [0.1, 0.15) is 6.10 Å². The standard InChI is InChI=1S/C19H24F3N5O/c1-3-23-18(24-10-14-11-25-26(2)12-14)27-7-8-28-17(13-27)15-5-4-6-16(9-15)19(20,21)22/h4-6,9,11-12,17H,3,7-8,10,13H2,1-2H3,(H,23,24). The number of aliphatic imine (C=N–C) groups is 1. The van der Waals surface area contributed by atoms with Crippen molar-refractivity contribution in [3.63, 3.8) is 0 Å². The van der Waals surface area contributed by atoms with Crippen molar-refractivity contribution in [2.45, 2.75) is 25.7 Å². The van der Waals surface area contributed by atoms with Crippen LogP contribution in [-0.4, -0.2) is 46.9 Å². The summed E-state index contributed by atoms with van der Waals surface area (Å²) in [6, 6.07) is 5.32. The Hall–Kier alpha value is -2.55. The Morgan fingerprint density at radius 2 is 2.21 bits per heavy atom. The molecule has 1 aromatic carbocycles. The zero-order chi connectivity index (χ0) is 20.1. The van der Waals surface area contributed by atoms with Crippen LogP contribution in [0.1, 0.15) is 29.7 Å². The molecule has 9 heteroatoms. The average molecular weight is 395 g/mol. The topological polar surface area (TPSA) is 54.7 Å². The van der Waals surface area contributed by atoms with Crippen molar-refractivity contribution in [1.29, 1.82) is 0 Å². The van der Waals surface area contributed by atoms with Gasteiger partial charge >= 0.3 is 6.18 Å². The molecule has 1 N–H and O–H groups in total. The van der Waals surface area contributed by atoms with E-state index in [-0.39, 0.29) is 0 Å². The summed E-state index contributed by atoms with van der Waals surface area (Å²) >= 11 is 0. The van der Waals surface area contributed by atoms with Crippen LogP contribution in [0.4, 0.5) is 13.2 Å². The van der Waals surface area contributed by atoms with Gasteiger partial charge in [-0.05, 0) is 24.6 Å². The fourth-order valence-corrected chi connectivity index (χ4v) is 3.10. The Morgan fingerprint density at radius 1 is 1.39 bits per heavy atom. The maximum absolute atomic E-state index is 13.0. The van der Waals surface area contributed by atoms with Crippen LogP contribution in [0.15, 0.2) is 41.7 Å². The molecule has 1 aliphatic rings. The van der Waals surface area contributed by atoms with Crippen molar-refractivity contribution in [3.05, 3.63) is 53.3 Å². The van der Waals surface area contributed by atoms with Gasteiger partial charge in [0.15, 0.2) is 5.96 Å². The Bertz CT molecular complexity index is 818. The normalized spacial score (nSPS) is 18.4. The van der Waals surface area contributed by atoms with E-state index < -0.39 is 17.8 Å². The molecule has 152 valence electrons. The van der Waals surface area contributed by atoms with Crippen LogP contribution in [-0.2, 0) is 24.5 Å². The predicted octanol–water partition coefficient (Wildman–Crippen LogP) is 2.98. The maximum atomic E-state index is 13.0. The quantitative estimate of drug-likeness (QED) is 0.639. The van der Waals surface area contributed by atoms with Gasteiger partial charge < -0.3 is 15.0 Å². The monoisotopic (exact) mass is 395 g/mol. The number of nitrogens with zero attached hydrogens (tertiary/aromatic N) is 4. The number of hydrogen-bond acceptors (Lipinski definition) is 3. The summed E-state index contributed by atoms with van der Waals surface area (Å²) in [5.41, 5.74) is 0.839. The number of benzene rings is 1. The molecule has 6 nitrogen and oxygen atoms in total. The summed E-state index contributed by atoms with van der Waals surface area (Å²) in [4.78, 5) is 6.67. The predicted molar refractivity (Wildman–Crippen MR) is 99.7 cm³/mol. The third-order valence-corrected chi connectivity index (χ3v) is 4.46. The highest BCUT2D eigenvalue weighted by molar-refractivity contribution is 5.80. The molecule has 0 bridgehead atoms. The summed E-state index contributed by atoms with van der Waals surface area (Å²) in [5.74, 6) is 0.714.